The van der Waals surface area contributed by atoms with Gasteiger partial charge in [0.05, 0.1) is 12.1 Å². The van der Waals surface area contributed by atoms with Gasteiger partial charge in [0.1, 0.15) is 11.6 Å². The van der Waals surface area contributed by atoms with Gasteiger partial charge in [-0.15, -0.1) is 0 Å². The number of benzene rings is 1. The Hall–Kier alpha value is -3.74. The third kappa shape index (κ3) is 5.60. The first-order chi connectivity index (χ1) is 16.4. The molecule has 0 aliphatic heterocycles. The van der Waals surface area contributed by atoms with Crippen molar-refractivity contribution < 1.29 is 4.79 Å². The standard InChI is InChI=1S/C27H34N6O/c1-18(31-25-11-7-5-9-23(25)27(28)33(2)3)30-20-12-14-21(15-13-20)32-26(34)16-19-17-29-24-10-6-4-8-22(19)24/h4-11,17,20-21,29-30H,1,12-16,28H2,2-3H3,(H,32,34)/b27-23+,31-25-/t20-,21+. The molecule has 178 valence electrons. The van der Waals surface area contributed by atoms with Gasteiger partial charge in [-0.1, -0.05) is 36.9 Å². The van der Waals surface area contributed by atoms with Gasteiger partial charge >= 0.3 is 0 Å². The minimum atomic E-state index is 0.0758. The second-order valence-electron chi connectivity index (χ2n) is 9.15. The van der Waals surface area contributed by atoms with Crippen LogP contribution < -0.4 is 16.4 Å². The minimum Gasteiger partial charge on any atom is -0.385 e. The van der Waals surface area contributed by atoms with Crippen LogP contribution in [0.4, 0.5) is 0 Å². The van der Waals surface area contributed by atoms with Crippen molar-refractivity contribution in [3.63, 3.8) is 0 Å². The lowest BCUT2D eigenvalue weighted by atomic mass is 9.91. The van der Waals surface area contributed by atoms with Gasteiger partial charge in [-0.25, -0.2) is 4.99 Å². The molecule has 2 aliphatic carbocycles. The van der Waals surface area contributed by atoms with Crippen molar-refractivity contribution in [3.05, 3.63) is 84.1 Å². The minimum absolute atomic E-state index is 0.0758. The van der Waals surface area contributed by atoms with E-state index in [1.165, 1.54) is 0 Å². The number of aromatic amines is 1. The third-order valence-corrected chi connectivity index (χ3v) is 6.41. The number of rotatable bonds is 7. The van der Waals surface area contributed by atoms with Crippen molar-refractivity contribution in [1.29, 1.82) is 0 Å². The molecule has 1 fully saturated rings. The summed E-state index contributed by atoms with van der Waals surface area (Å²) < 4.78 is 0. The van der Waals surface area contributed by atoms with Crippen molar-refractivity contribution in [2.24, 2.45) is 10.7 Å². The lowest BCUT2D eigenvalue weighted by molar-refractivity contribution is -0.121. The van der Waals surface area contributed by atoms with E-state index >= 15 is 0 Å². The van der Waals surface area contributed by atoms with Crippen LogP contribution in [-0.4, -0.2) is 47.7 Å². The summed E-state index contributed by atoms with van der Waals surface area (Å²) in [5, 5.41) is 7.78. The molecule has 1 amide bonds. The zero-order valence-corrected chi connectivity index (χ0v) is 20.0. The molecule has 34 heavy (non-hydrogen) atoms. The molecule has 4 rings (SSSR count). The normalized spacial score (nSPS) is 22.6. The molecular formula is C27H34N6O. The molecule has 1 aromatic heterocycles. The molecule has 0 atom stereocenters. The first-order valence-corrected chi connectivity index (χ1v) is 11.8. The van der Waals surface area contributed by atoms with E-state index in [0.717, 1.165) is 53.4 Å². The number of nitrogens with zero attached hydrogens (tertiary/aromatic N) is 2. The van der Waals surface area contributed by atoms with Crippen LogP contribution >= 0.6 is 0 Å². The number of para-hydroxylation sites is 1. The Balaban J connectivity index is 1.27. The lowest BCUT2D eigenvalue weighted by Crippen LogP contribution is -2.42. The summed E-state index contributed by atoms with van der Waals surface area (Å²) in [4.78, 5) is 22.4. The lowest BCUT2D eigenvalue weighted by Gasteiger charge is -2.30. The van der Waals surface area contributed by atoms with Crippen LogP contribution in [0.15, 0.2) is 83.6 Å². The van der Waals surface area contributed by atoms with E-state index in [4.69, 9.17) is 5.73 Å². The Morgan fingerprint density at radius 2 is 1.79 bits per heavy atom. The number of fused-ring (bicyclic) bond motifs is 1. The highest BCUT2D eigenvalue weighted by molar-refractivity contribution is 6.12. The molecule has 7 heteroatoms. The molecule has 0 saturated heterocycles. The number of carbonyl (C=O) groups excluding carboxylic acids is 1. The van der Waals surface area contributed by atoms with Gasteiger partial charge in [0.15, 0.2) is 0 Å². The van der Waals surface area contributed by atoms with Crippen LogP contribution in [0.3, 0.4) is 0 Å². The zero-order chi connectivity index (χ0) is 24.1. The number of nitrogens with one attached hydrogen (secondary N) is 3. The molecule has 1 heterocycles. The highest BCUT2D eigenvalue weighted by Crippen LogP contribution is 2.22. The predicted molar refractivity (Wildman–Crippen MR) is 139 cm³/mol. The van der Waals surface area contributed by atoms with E-state index < -0.39 is 0 Å². The molecule has 0 unspecified atom stereocenters. The second kappa shape index (κ2) is 10.5. The number of hydrogen-bond donors (Lipinski definition) is 4. The van der Waals surface area contributed by atoms with Crippen LogP contribution in [-0.2, 0) is 11.2 Å². The van der Waals surface area contributed by atoms with Gasteiger partial charge in [-0.05, 0) is 49.5 Å². The van der Waals surface area contributed by atoms with E-state index in [0.29, 0.717) is 24.1 Å². The maximum Gasteiger partial charge on any atom is 0.224 e. The molecule has 2 aromatic rings. The highest BCUT2D eigenvalue weighted by Gasteiger charge is 2.23. The van der Waals surface area contributed by atoms with Gasteiger partial charge < -0.3 is 26.3 Å². The zero-order valence-electron chi connectivity index (χ0n) is 20.0. The molecular weight excluding hydrogens is 424 g/mol. The number of hydrogen-bond acceptors (Lipinski definition) is 5. The van der Waals surface area contributed by atoms with Gasteiger partial charge in [-0.3, -0.25) is 4.79 Å². The number of nitrogens with two attached hydrogens (primary N) is 1. The van der Waals surface area contributed by atoms with Gasteiger partial charge in [0.25, 0.3) is 0 Å². The molecule has 0 bridgehead atoms. The van der Waals surface area contributed by atoms with Crippen LogP contribution in [0, 0.1) is 0 Å². The monoisotopic (exact) mass is 458 g/mol. The average molecular weight is 459 g/mol. The molecule has 5 N–H and O–H groups in total. The topological polar surface area (TPSA) is 98.5 Å². The first-order valence-electron chi connectivity index (χ1n) is 11.8. The predicted octanol–water partition coefficient (Wildman–Crippen LogP) is 3.50. The Morgan fingerprint density at radius 3 is 2.53 bits per heavy atom. The largest absolute Gasteiger partial charge is 0.385 e. The quantitative estimate of drug-likeness (QED) is 0.510. The fraction of sp³-hybridized carbons (Fsp3) is 0.333. The van der Waals surface area contributed by atoms with Crippen molar-refractivity contribution in [1.82, 2.24) is 20.5 Å². The smallest absolute Gasteiger partial charge is 0.224 e. The number of allylic oxidation sites excluding steroid dienone is 5. The maximum absolute atomic E-state index is 12.6. The molecule has 0 radical (unpaired) electrons. The molecule has 1 saturated carbocycles. The Labute approximate surface area is 201 Å². The van der Waals surface area contributed by atoms with Gasteiger partial charge in [0, 0.05) is 48.9 Å². The summed E-state index contributed by atoms with van der Waals surface area (Å²) in [6, 6.07) is 8.57. The third-order valence-electron chi connectivity index (χ3n) is 6.41. The van der Waals surface area contributed by atoms with Crippen molar-refractivity contribution in [2.45, 2.75) is 44.2 Å². The van der Waals surface area contributed by atoms with Gasteiger partial charge in [-0.2, -0.15) is 0 Å². The Kier molecular flexibility index (Phi) is 7.21. The summed E-state index contributed by atoms with van der Waals surface area (Å²) in [5.41, 5.74) is 10.00. The number of H-pyrrole nitrogens is 1. The van der Waals surface area contributed by atoms with Crippen LogP contribution in [0.25, 0.3) is 10.9 Å². The summed E-state index contributed by atoms with van der Waals surface area (Å²) in [6.45, 7) is 4.11. The summed E-state index contributed by atoms with van der Waals surface area (Å²) >= 11 is 0. The molecule has 0 spiro atoms. The van der Waals surface area contributed by atoms with E-state index in [1.807, 2.05) is 67.7 Å². The number of aromatic nitrogens is 1. The van der Waals surface area contributed by atoms with E-state index in [2.05, 4.69) is 33.3 Å². The summed E-state index contributed by atoms with van der Waals surface area (Å²) in [6.07, 6.45) is 13.9. The first kappa shape index (κ1) is 23.4. The van der Waals surface area contributed by atoms with E-state index in [9.17, 15) is 4.79 Å². The molecule has 1 aromatic carbocycles. The second-order valence-corrected chi connectivity index (χ2v) is 9.15. The Morgan fingerprint density at radius 1 is 1.12 bits per heavy atom. The number of carbonyl (C=O) groups is 1. The van der Waals surface area contributed by atoms with Crippen LogP contribution in [0.2, 0.25) is 0 Å². The maximum atomic E-state index is 12.6. The Bertz CT molecular complexity index is 1170. The van der Waals surface area contributed by atoms with E-state index in [-0.39, 0.29) is 11.9 Å². The van der Waals surface area contributed by atoms with Crippen molar-refractivity contribution >= 4 is 22.5 Å². The summed E-state index contributed by atoms with van der Waals surface area (Å²) in [5.74, 6) is 1.37. The van der Waals surface area contributed by atoms with Crippen molar-refractivity contribution in [2.75, 3.05) is 14.1 Å². The average Bonchev–Trinajstić information content (AvgIpc) is 3.23. The fourth-order valence-corrected chi connectivity index (χ4v) is 4.55. The fourth-order valence-electron chi connectivity index (χ4n) is 4.55. The summed E-state index contributed by atoms with van der Waals surface area (Å²) in [7, 11) is 3.83. The number of aliphatic imine (C=N–C) groups is 1. The number of amides is 1. The van der Waals surface area contributed by atoms with Crippen LogP contribution in [0.5, 0.6) is 0 Å². The SMILES string of the molecule is C=C(/N=C1/C=CC=C/C1=C(/N)N(C)C)N[C@H]1CC[C@@H](NC(=O)Cc2c[nH]c3ccccc23)CC1. The van der Waals surface area contributed by atoms with Crippen LogP contribution in [0.1, 0.15) is 31.2 Å². The van der Waals surface area contributed by atoms with Gasteiger partial charge in [0.2, 0.25) is 5.91 Å². The molecule has 2 aliphatic rings. The van der Waals surface area contributed by atoms with E-state index in [1.54, 1.807) is 0 Å². The van der Waals surface area contributed by atoms with Crippen molar-refractivity contribution in [3.8, 4) is 0 Å². The molecule has 7 nitrogen and oxygen atoms in total. The highest BCUT2D eigenvalue weighted by atomic mass is 16.1.